The number of hydrogen-bond donors (Lipinski definition) is 0. The molecule has 1 aliphatic heterocycles. The number of rotatable bonds is 2. The highest BCUT2D eigenvalue weighted by molar-refractivity contribution is 5.94. The van der Waals surface area contributed by atoms with Gasteiger partial charge in [0.1, 0.15) is 17.7 Å². The molecule has 0 spiro atoms. The number of aromatic nitrogens is 1. The summed E-state index contributed by atoms with van der Waals surface area (Å²) in [6, 6.07) is 14.3. The van der Waals surface area contributed by atoms with Crippen LogP contribution in [-0.2, 0) is 0 Å². The summed E-state index contributed by atoms with van der Waals surface area (Å²) in [5, 5.41) is 10.6. The number of aryl methyl sites for hydroxylation is 2. The molecule has 6 heteroatoms. The third-order valence-electron chi connectivity index (χ3n) is 5.72. The zero-order valence-electron chi connectivity index (χ0n) is 17.2. The van der Waals surface area contributed by atoms with Crippen molar-refractivity contribution in [3.05, 3.63) is 70.5 Å². The second kappa shape index (κ2) is 8.11. The quantitative estimate of drug-likeness (QED) is 0.644. The van der Waals surface area contributed by atoms with Gasteiger partial charge in [-0.2, -0.15) is 5.26 Å². The van der Waals surface area contributed by atoms with Gasteiger partial charge < -0.3 is 9.80 Å². The number of fused-ring (bicyclic) bond motifs is 1. The van der Waals surface area contributed by atoms with Gasteiger partial charge in [0.05, 0.1) is 16.6 Å². The van der Waals surface area contributed by atoms with E-state index in [0.29, 0.717) is 37.6 Å². The predicted octanol–water partition coefficient (Wildman–Crippen LogP) is 4.21. The van der Waals surface area contributed by atoms with Crippen LogP contribution in [0.15, 0.2) is 42.5 Å². The number of halogens is 1. The van der Waals surface area contributed by atoms with Crippen molar-refractivity contribution in [2.24, 2.45) is 0 Å². The van der Waals surface area contributed by atoms with Gasteiger partial charge in [0, 0.05) is 31.6 Å². The molecule has 0 aliphatic carbocycles. The zero-order valence-corrected chi connectivity index (χ0v) is 17.2. The summed E-state index contributed by atoms with van der Waals surface area (Å²) in [4.78, 5) is 21.3. The molecule has 0 saturated carbocycles. The average molecular weight is 402 g/mol. The Bertz CT molecular complexity index is 1170. The molecule has 1 aliphatic rings. The second-order valence-electron chi connectivity index (χ2n) is 7.71. The van der Waals surface area contributed by atoms with E-state index >= 15 is 0 Å². The maximum atomic E-state index is 14.0. The summed E-state index contributed by atoms with van der Waals surface area (Å²) in [6.45, 7) is 6.30. The summed E-state index contributed by atoms with van der Waals surface area (Å²) in [7, 11) is 0. The minimum Gasteiger partial charge on any atom is -0.354 e. The fourth-order valence-electron chi connectivity index (χ4n) is 3.89. The molecule has 0 unspecified atom stereocenters. The van der Waals surface area contributed by atoms with E-state index in [2.05, 4.69) is 17.0 Å². The number of carbonyl (C=O) groups is 1. The van der Waals surface area contributed by atoms with Gasteiger partial charge in [-0.05, 0) is 61.7 Å². The van der Waals surface area contributed by atoms with Gasteiger partial charge in [-0.1, -0.05) is 12.1 Å². The van der Waals surface area contributed by atoms with E-state index in [0.717, 1.165) is 28.5 Å². The van der Waals surface area contributed by atoms with E-state index in [1.54, 1.807) is 17.0 Å². The molecule has 1 aromatic heterocycles. The van der Waals surface area contributed by atoms with E-state index in [-0.39, 0.29) is 11.5 Å². The molecule has 0 atom stereocenters. The van der Waals surface area contributed by atoms with Crippen molar-refractivity contribution in [3.8, 4) is 6.07 Å². The maximum Gasteiger partial charge on any atom is 0.256 e. The van der Waals surface area contributed by atoms with Crippen LogP contribution in [0.5, 0.6) is 0 Å². The molecule has 5 nitrogen and oxygen atoms in total. The predicted molar refractivity (Wildman–Crippen MR) is 115 cm³/mol. The first-order chi connectivity index (χ1) is 14.5. The van der Waals surface area contributed by atoms with E-state index in [4.69, 9.17) is 4.98 Å². The fourth-order valence-corrected chi connectivity index (χ4v) is 3.89. The van der Waals surface area contributed by atoms with Crippen LogP contribution >= 0.6 is 0 Å². The van der Waals surface area contributed by atoms with Crippen LogP contribution in [0.1, 0.15) is 33.5 Å². The molecular formula is C24H23FN4O. The van der Waals surface area contributed by atoms with Crippen molar-refractivity contribution in [2.75, 3.05) is 31.1 Å². The van der Waals surface area contributed by atoms with E-state index in [9.17, 15) is 14.4 Å². The lowest BCUT2D eigenvalue weighted by Gasteiger charge is -2.24. The Morgan fingerprint density at radius 3 is 2.60 bits per heavy atom. The van der Waals surface area contributed by atoms with Gasteiger partial charge in [0.25, 0.3) is 5.91 Å². The highest BCUT2D eigenvalue weighted by Gasteiger charge is 2.24. The van der Waals surface area contributed by atoms with Crippen LogP contribution in [0.4, 0.5) is 10.2 Å². The number of nitrogens with zero attached hydrogens (tertiary/aromatic N) is 4. The number of hydrogen-bond acceptors (Lipinski definition) is 4. The largest absolute Gasteiger partial charge is 0.354 e. The average Bonchev–Trinajstić information content (AvgIpc) is 3.00. The molecule has 3 aromatic rings. The number of nitriles is 1. The van der Waals surface area contributed by atoms with Crippen molar-refractivity contribution in [3.63, 3.8) is 0 Å². The van der Waals surface area contributed by atoms with Gasteiger partial charge in [-0.25, -0.2) is 9.37 Å². The topological polar surface area (TPSA) is 60.2 Å². The van der Waals surface area contributed by atoms with Gasteiger partial charge in [-0.3, -0.25) is 4.79 Å². The van der Waals surface area contributed by atoms with Crippen LogP contribution in [0.25, 0.3) is 10.9 Å². The number of carbonyl (C=O) groups excluding carboxylic acids is 1. The number of anilines is 1. The summed E-state index contributed by atoms with van der Waals surface area (Å²) in [5.74, 6) is -0.154. The summed E-state index contributed by atoms with van der Waals surface area (Å²) in [6.07, 6.45) is 0.720. The smallest absolute Gasteiger partial charge is 0.256 e. The lowest BCUT2D eigenvalue weighted by atomic mass is 10.0. The molecular weight excluding hydrogens is 379 g/mol. The first-order valence-corrected chi connectivity index (χ1v) is 10.1. The summed E-state index contributed by atoms with van der Waals surface area (Å²) in [5.41, 5.74) is 3.80. The SMILES string of the molecule is Cc1cc2cc(C#N)c(N3CCCN(C(=O)c4ccccc4F)CC3)nc2cc1C. The second-order valence-corrected chi connectivity index (χ2v) is 7.71. The molecule has 30 heavy (non-hydrogen) atoms. The van der Waals surface area contributed by atoms with E-state index in [1.165, 1.54) is 12.1 Å². The first-order valence-electron chi connectivity index (χ1n) is 10.1. The molecule has 2 aromatic carbocycles. The molecule has 4 rings (SSSR count). The Hall–Kier alpha value is -3.46. The van der Waals surface area contributed by atoms with Crippen LogP contribution in [-0.4, -0.2) is 42.0 Å². The van der Waals surface area contributed by atoms with Crippen LogP contribution < -0.4 is 4.90 Å². The standard InChI is InChI=1S/C24H23FN4O/c1-16-12-18-14-19(15-26)23(27-22(18)13-17(16)2)28-8-5-9-29(11-10-28)24(30)20-6-3-4-7-21(20)25/h3-4,6-7,12-14H,5,8-11H2,1-2H3. The molecule has 0 radical (unpaired) electrons. The molecule has 1 fully saturated rings. The van der Waals surface area contributed by atoms with Crippen LogP contribution in [0.3, 0.4) is 0 Å². The Balaban J connectivity index is 1.61. The number of benzene rings is 2. The lowest BCUT2D eigenvalue weighted by Crippen LogP contribution is -2.36. The number of pyridine rings is 1. The molecule has 1 saturated heterocycles. The van der Waals surface area contributed by atoms with Crippen molar-refractivity contribution in [1.82, 2.24) is 9.88 Å². The van der Waals surface area contributed by atoms with Crippen LogP contribution in [0, 0.1) is 31.0 Å². The van der Waals surface area contributed by atoms with Gasteiger partial charge in [0.15, 0.2) is 0 Å². The normalized spacial score (nSPS) is 14.5. The van der Waals surface area contributed by atoms with Crippen molar-refractivity contribution < 1.29 is 9.18 Å². The van der Waals surface area contributed by atoms with Crippen LogP contribution in [0.2, 0.25) is 0 Å². The highest BCUT2D eigenvalue weighted by atomic mass is 19.1. The van der Waals surface area contributed by atoms with Crippen molar-refractivity contribution >= 4 is 22.6 Å². The Kier molecular flexibility index (Phi) is 5.37. The van der Waals surface area contributed by atoms with Crippen molar-refractivity contribution in [1.29, 1.82) is 5.26 Å². The molecule has 1 amide bonds. The molecule has 0 N–H and O–H groups in total. The fraction of sp³-hybridized carbons (Fsp3) is 0.292. The zero-order chi connectivity index (χ0) is 21.3. The number of amides is 1. The molecule has 2 heterocycles. The van der Waals surface area contributed by atoms with E-state index in [1.807, 2.05) is 26.0 Å². The van der Waals surface area contributed by atoms with Gasteiger partial charge >= 0.3 is 0 Å². The van der Waals surface area contributed by atoms with Gasteiger partial charge in [-0.15, -0.1) is 0 Å². The lowest BCUT2D eigenvalue weighted by molar-refractivity contribution is 0.0762. The van der Waals surface area contributed by atoms with E-state index < -0.39 is 5.82 Å². The Morgan fingerprint density at radius 1 is 1.07 bits per heavy atom. The minimum atomic E-state index is -0.503. The monoisotopic (exact) mass is 402 g/mol. The first kappa shape index (κ1) is 19.8. The van der Waals surface area contributed by atoms with Crippen molar-refractivity contribution in [2.45, 2.75) is 20.3 Å². The molecule has 0 bridgehead atoms. The third kappa shape index (κ3) is 3.71. The highest BCUT2D eigenvalue weighted by Crippen LogP contribution is 2.26. The Labute approximate surface area is 175 Å². The summed E-state index contributed by atoms with van der Waals surface area (Å²) >= 11 is 0. The molecule has 152 valence electrons. The summed E-state index contributed by atoms with van der Waals surface area (Å²) < 4.78 is 14.0. The third-order valence-corrected chi connectivity index (χ3v) is 5.72. The minimum absolute atomic E-state index is 0.0957. The van der Waals surface area contributed by atoms with Gasteiger partial charge in [0.2, 0.25) is 0 Å². The Morgan fingerprint density at radius 2 is 1.83 bits per heavy atom. The maximum absolute atomic E-state index is 14.0.